The molecule has 1 heterocycles. The number of nitrogens with one attached hydrogen (secondary N) is 2. The Morgan fingerprint density at radius 3 is 2.23 bits per heavy atom. The summed E-state index contributed by atoms with van der Waals surface area (Å²) in [4.78, 5) is 4.40. The molecule has 0 bridgehead atoms. The van der Waals surface area contributed by atoms with Gasteiger partial charge in [0.05, 0.1) is 11.2 Å². The molecule has 0 aliphatic rings. The Labute approximate surface area is 185 Å². The average Bonchev–Trinajstić information content (AvgIpc) is 3.23. The van der Waals surface area contributed by atoms with Crippen molar-refractivity contribution >= 4 is 11.3 Å². The Morgan fingerprint density at radius 2 is 1.65 bits per heavy atom. The molecule has 4 N–H and O–H groups in total. The van der Waals surface area contributed by atoms with E-state index < -0.39 is 0 Å². The van der Waals surface area contributed by atoms with Gasteiger partial charge in [-0.3, -0.25) is 0 Å². The second-order valence-corrected chi connectivity index (χ2v) is 6.49. The molecular formula is C20H24N4SY-2. The van der Waals surface area contributed by atoms with E-state index in [0.717, 1.165) is 23.2 Å². The van der Waals surface area contributed by atoms with Crippen molar-refractivity contribution in [3.8, 4) is 22.4 Å². The SMILES string of the molecule is CCCCc1ccc(-c2cc(C[NH-])cc(-c3cscn3)c2)cc1.[NH-]N.[Y]. The third-order valence-electron chi connectivity index (χ3n) is 4.03. The summed E-state index contributed by atoms with van der Waals surface area (Å²) >= 11 is 1.60. The fourth-order valence-electron chi connectivity index (χ4n) is 2.71. The minimum absolute atomic E-state index is 0. The summed E-state index contributed by atoms with van der Waals surface area (Å²) in [6, 6.07) is 15.2. The van der Waals surface area contributed by atoms with E-state index in [0.29, 0.717) is 6.54 Å². The second kappa shape index (κ2) is 12.4. The zero-order valence-corrected chi connectivity index (χ0v) is 18.7. The standard InChI is InChI=1S/C20H21N2S.H3N2.Y/c1-2-3-4-15-5-7-17(8-6-15)18-9-16(12-21)10-19(11-18)20-13-23-14-22-20;1-2;/h5-11,13-14,21H,2-4,12H2,1H3;1H,2H2;/q2*-1;. The summed E-state index contributed by atoms with van der Waals surface area (Å²) in [6.07, 6.45) is 3.61. The first-order valence-corrected chi connectivity index (χ1v) is 9.29. The number of hydrogen-bond donors (Lipinski definition) is 1. The maximum absolute atomic E-state index is 7.72. The minimum Gasteiger partial charge on any atom is -0.674 e. The van der Waals surface area contributed by atoms with Crippen molar-refractivity contribution in [2.24, 2.45) is 5.84 Å². The molecule has 0 amide bonds. The maximum atomic E-state index is 7.72. The number of nitrogens with zero attached hydrogens (tertiary/aromatic N) is 1. The summed E-state index contributed by atoms with van der Waals surface area (Å²) < 4.78 is 0. The molecule has 3 aromatic rings. The third-order valence-corrected chi connectivity index (χ3v) is 4.62. The Morgan fingerprint density at radius 1 is 0.962 bits per heavy atom. The van der Waals surface area contributed by atoms with Gasteiger partial charge in [-0.05, 0) is 35.6 Å². The number of aromatic nitrogens is 1. The number of hydrogen-bond acceptors (Lipinski definition) is 3. The van der Waals surface area contributed by atoms with Crippen molar-refractivity contribution in [3.63, 3.8) is 0 Å². The normalized spacial score (nSPS) is 9.85. The van der Waals surface area contributed by atoms with Gasteiger partial charge in [0.15, 0.2) is 0 Å². The quantitative estimate of drug-likeness (QED) is 0.360. The van der Waals surface area contributed by atoms with Crippen LogP contribution in [0, 0.1) is 0 Å². The molecule has 2 aromatic carbocycles. The Bertz CT molecular complexity index is 758. The summed E-state index contributed by atoms with van der Waals surface area (Å²) in [5, 5.41) is 2.06. The Hall–Kier alpha value is -0.946. The van der Waals surface area contributed by atoms with E-state index in [1.807, 2.05) is 5.51 Å². The molecule has 0 spiro atoms. The van der Waals surface area contributed by atoms with Crippen molar-refractivity contribution in [3.05, 3.63) is 76.1 Å². The first-order valence-electron chi connectivity index (χ1n) is 8.35. The van der Waals surface area contributed by atoms with Crippen LogP contribution in [0.1, 0.15) is 30.9 Å². The molecule has 0 unspecified atom stereocenters. The fraction of sp³-hybridized carbons (Fsp3) is 0.250. The number of rotatable bonds is 6. The van der Waals surface area contributed by atoms with Gasteiger partial charge in [-0.25, -0.2) is 4.98 Å². The summed E-state index contributed by atoms with van der Waals surface area (Å²) in [7, 11) is 0. The molecule has 0 aliphatic heterocycles. The smallest absolute Gasteiger partial charge is 0.0811 e. The molecule has 0 fully saturated rings. The molecule has 1 radical (unpaired) electrons. The van der Waals surface area contributed by atoms with Gasteiger partial charge in [-0.15, -0.1) is 17.9 Å². The van der Waals surface area contributed by atoms with E-state index in [1.54, 1.807) is 11.3 Å². The van der Waals surface area contributed by atoms with Crippen LogP contribution in [0.2, 0.25) is 0 Å². The van der Waals surface area contributed by atoms with Crippen molar-refractivity contribution in [1.82, 2.24) is 4.98 Å². The predicted octanol–water partition coefficient (Wildman–Crippen LogP) is 6.28. The number of benzene rings is 2. The van der Waals surface area contributed by atoms with Crippen molar-refractivity contribution in [2.75, 3.05) is 0 Å². The molecule has 0 aliphatic carbocycles. The molecule has 3 rings (SSSR count). The average molecular weight is 441 g/mol. The molecule has 26 heavy (non-hydrogen) atoms. The van der Waals surface area contributed by atoms with Gasteiger partial charge in [0.25, 0.3) is 0 Å². The van der Waals surface area contributed by atoms with E-state index in [1.165, 1.54) is 29.5 Å². The van der Waals surface area contributed by atoms with Gasteiger partial charge in [-0.2, -0.15) is 0 Å². The van der Waals surface area contributed by atoms with Gasteiger partial charge in [0.2, 0.25) is 0 Å². The van der Waals surface area contributed by atoms with Crippen LogP contribution in [0.3, 0.4) is 0 Å². The Balaban J connectivity index is 0.00000109. The van der Waals surface area contributed by atoms with E-state index in [9.17, 15) is 0 Å². The molecule has 6 heteroatoms. The summed E-state index contributed by atoms with van der Waals surface area (Å²) in [6.45, 7) is 2.51. The van der Waals surface area contributed by atoms with Gasteiger partial charge in [-0.1, -0.05) is 55.3 Å². The molecule has 135 valence electrons. The predicted molar refractivity (Wildman–Crippen MR) is 108 cm³/mol. The number of nitrogens with two attached hydrogens (primary N) is 1. The second-order valence-electron chi connectivity index (χ2n) is 5.77. The van der Waals surface area contributed by atoms with Crippen LogP contribution < -0.4 is 5.84 Å². The van der Waals surface area contributed by atoms with Crippen molar-refractivity contribution in [2.45, 2.75) is 32.7 Å². The van der Waals surface area contributed by atoms with Crippen LogP contribution in [-0.4, -0.2) is 4.98 Å². The summed E-state index contributed by atoms with van der Waals surface area (Å²) in [5.41, 5.74) is 16.5. The van der Waals surface area contributed by atoms with Gasteiger partial charge in [0.1, 0.15) is 0 Å². The molecule has 0 saturated heterocycles. The van der Waals surface area contributed by atoms with Gasteiger partial charge >= 0.3 is 0 Å². The third kappa shape index (κ3) is 6.34. The molecule has 0 saturated carbocycles. The van der Waals surface area contributed by atoms with E-state index in [-0.39, 0.29) is 32.7 Å². The monoisotopic (exact) mass is 441 g/mol. The zero-order valence-electron chi connectivity index (χ0n) is 15.0. The molecule has 4 nitrogen and oxygen atoms in total. The van der Waals surface area contributed by atoms with Crippen LogP contribution in [0.25, 0.3) is 34.0 Å². The van der Waals surface area contributed by atoms with Gasteiger partial charge < -0.3 is 17.4 Å². The molecular weight excluding hydrogens is 417 g/mol. The number of aryl methyl sites for hydroxylation is 1. The van der Waals surface area contributed by atoms with Crippen LogP contribution in [0.4, 0.5) is 0 Å². The van der Waals surface area contributed by atoms with Crippen LogP contribution >= 0.6 is 11.3 Å². The van der Waals surface area contributed by atoms with Crippen LogP contribution in [-0.2, 0) is 45.7 Å². The van der Waals surface area contributed by atoms with E-state index >= 15 is 0 Å². The van der Waals surface area contributed by atoms with Crippen LogP contribution in [0.15, 0.2) is 53.4 Å². The zero-order chi connectivity index (χ0) is 18.1. The minimum atomic E-state index is 0. The molecule has 0 atom stereocenters. The molecule has 1 aromatic heterocycles. The van der Waals surface area contributed by atoms with Crippen molar-refractivity contribution in [1.29, 1.82) is 0 Å². The van der Waals surface area contributed by atoms with Crippen molar-refractivity contribution < 1.29 is 32.7 Å². The van der Waals surface area contributed by atoms with Crippen LogP contribution in [0.5, 0.6) is 0 Å². The fourth-order valence-corrected chi connectivity index (χ4v) is 3.27. The first-order chi connectivity index (χ1) is 12.3. The van der Waals surface area contributed by atoms with E-state index in [2.05, 4.69) is 65.6 Å². The Kier molecular flexibility index (Phi) is 11.1. The largest absolute Gasteiger partial charge is 0.674 e. The number of unbranched alkanes of at least 4 members (excludes halogenated alkanes) is 1. The van der Waals surface area contributed by atoms with E-state index in [4.69, 9.17) is 11.6 Å². The number of thiazole rings is 1. The van der Waals surface area contributed by atoms with Gasteiger partial charge in [0, 0.05) is 43.7 Å². The maximum Gasteiger partial charge on any atom is 0.0811 e. The topological polar surface area (TPSA) is 86.5 Å². The summed E-state index contributed by atoms with van der Waals surface area (Å²) in [5.74, 6) is 9.00. The first kappa shape index (κ1) is 23.1.